The van der Waals surface area contributed by atoms with E-state index in [-0.39, 0.29) is 0 Å². The van der Waals surface area contributed by atoms with E-state index in [2.05, 4.69) is 0 Å². The van der Waals surface area contributed by atoms with Gasteiger partial charge in [0.25, 0.3) is 0 Å². The van der Waals surface area contributed by atoms with Gasteiger partial charge in [-0.2, -0.15) is 0 Å². The van der Waals surface area contributed by atoms with E-state index >= 15 is 0 Å². The lowest BCUT2D eigenvalue weighted by atomic mass is 9.91. The fraction of sp³-hybridized carbons (Fsp3) is 0.231. The number of rotatable bonds is 3. The lowest BCUT2D eigenvalue weighted by Gasteiger charge is -2.27. The molecule has 0 amide bonds. The molecule has 94 valence electrons. The number of methoxy groups -OCH3 is 1. The Bertz CT molecular complexity index is 510. The van der Waals surface area contributed by atoms with Crippen molar-refractivity contribution >= 4 is 5.57 Å². The molecular formula is C13H14N2O3. The second kappa shape index (κ2) is 4.72. The minimum absolute atomic E-state index is 0.508. The van der Waals surface area contributed by atoms with Crippen LogP contribution in [0.15, 0.2) is 48.6 Å². The normalized spacial score (nSPS) is 26.8. The van der Waals surface area contributed by atoms with Gasteiger partial charge in [0.05, 0.1) is 4.92 Å². The molecule has 0 aliphatic heterocycles. The molecule has 2 unspecified atom stereocenters. The van der Waals surface area contributed by atoms with Crippen LogP contribution in [0.5, 0.6) is 0 Å². The number of hydrogen-bond acceptors (Lipinski definition) is 4. The molecule has 0 radical (unpaired) electrons. The van der Waals surface area contributed by atoms with Crippen LogP contribution in [-0.4, -0.2) is 23.8 Å². The first-order chi connectivity index (χ1) is 8.60. The van der Waals surface area contributed by atoms with Crippen LogP contribution in [0, 0.1) is 10.1 Å². The molecule has 1 aliphatic rings. The number of nitro groups is 1. The predicted octanol–water partition coefficient (Wildman–Crippen LogP) is 1.59. The molecule has 5 nitrogen and oxygen atoms in total. The number of hydrogen-bond donors (Lipinski definition) is 1. The fourth-order valence-electron chi connectivity index (χ4n) is 1.97. The standard InChI is InChI=1S/C13H14N2O3/c1-18-13(15(16)17)8-7-11(9-12(13)14)10-5-3-2-4-6-10/h2-9,12H,14H2,1H3. The molecule has 0 heterocycles. The lowest BCUT2D eigenvalue weighted by molar-refractivity contribution is -0.612. The molecule has 5 heteroatoms. The molecule has 1 aromatic rings. The van der Waals surface area contributed by atoms with Crippen molar-refractivity contribution in [2.45, 2.75) is 11.8 Å². The first kappa shape index (κ1) is 12.5. The van der Waals surface area contributed by atoms with Crippen LogP contribution >= 0.6 is 0 Å². The van der Waals surface area contributed by atoms with E-state index in [9.17, 15) is 10.1 Å². The zero-order valence-corrected chi connectivity index (χ0v) is 9.95. The van der Waals surface area contributed by atoms with Crippen LogP contribution in [0.2, 0.25) is 0 Å². The second-order valence-electron chi connectivity index (χ2n) is 4.06. The van der Waals surface area contributed by atoms with E-state index in [1.54, 1.807) is 12.2 Å². The quantitative estimate of drug-likeness (QED) is 0.499. The first-order valence-corrected chi connectivity index (χ1v) is 5.52. The Kier molecular flexibility index (Phi) is 3.27. The van der Waals surface area contributed by atoms with E-state index in [0.717, 1.165) is 11.1 Å². The van der Waals surface area contributed by atoms with Gasteiger partial charge in [-0.05, 0) is 23.3 Å². The largest absolute Gasteiger partial charge is 0.363 e. The van der Waals surface area contributed by atoms with Gasteiger partial charge in [0.15, 0.2) is 0 Å². The average Bonchev–Trinajstić information content (AvgIpc) is 2.39. The summed E-state index contributed by atoms with van der Waals surface area (Å²) >= 11 is 0. The third-order valence-corrected chi connectivity index (χ3v) is 3.06. The molecule has 2 N–H and O–H groups in total. The van der Waals surface area contributed by atoms with Gasteiger partial charge in [0.2, 0.25) is 0 Å². The van der Waals surface area contributed by atoms with Crippen molar-refractivity contribution in [2.75, 3.05) is 7.11 Å². The Balaban J connectivity index is 2.36. The number of nitrogens with two attached hydrogens (primary N) is 1. The molecule has 0 spiro atoms. The number of allylic oxidation sites excluding steroid dienone is 2. The number of ether oxygens (including phenoxy) is 1. The maximum Gasteiger partial charge on any atom is 0.363 e. The van der Waals surface area contributed by atoms with Crippen LogP contribution in [0.25, 0.3) is 5.57 Å². The Morgan fingerprint density at radius 1 is 1.39 bits per heavy atom. The Labute approximate surface area is 105 Å². The first-order valence-electron chi connectivity index (χ1n) is 5.52. The topological polar surface area (TPSA) is 78.4 Å². The highest BCUT2D eigenvalue weighted by molar-refractivity contribution is 5.76. The highest BCUT2D eigenvalue weighted by atomic mass is 16.7. The highest BCUT2D eigenvalue weighted by Gasteiger charge is 2.48. The second-order valence-corrected chi connectivity index (χ2v) is 4.06. The molecule has 0 bridgehead atoms. The summed E-state index contributed by atoms with van der Waals surface area (Å²) in [5.41, 5.74) is 6.02. The summed E-state index contributed by atoms with van der Waals surface area (Å²) in [7, 11) is 1.29. The summed E-state index contributed by atoms with van der Waals surface area (Å²) in [6.45, 7) is 0. The molecule has 0 aromatic heterocycles. The third kappa shape index (κ3) is 1.94. The van der Waals surface area contributed by atoms with Gasteiger partial charge in [0, 0.05) is 13.2 Å². The van der Waals surface area contributed by atoms with Gasteiger partial charge in [-0.25, -0.2) is 0 Å². The van der Waals surface area contributed by atoms with E-state index in [4.69, 9.17) is 10.5 Å². The van der Waals surface area contributed by atoms with Crippen molar-refractivity contribution in [1.29, 1.82) is 0 Å². The third-order valence-electron chi connectivity index (χ3n) is 3.06. The molecule has 2 atom stereocenters. The van der Waals surface area contributed by atoms with Crippen LogP contribution in [-0.2, 0) is 4.74 Å². The van der Waals surface area contributed by atoms with Crippen molar-refractivity contribution in [2.24, 2.45) is 5.73 Å². The SMILES string of the molecule is COC1([N+](=O)[O-])C=CC(c2ccccc2)=CC1N. The molecule has 0 fully saturated rings. The summed E-state index contributed by atoms with van der Waals surface area (Å²) < 4.78 is 4.98. The fourth-order valence-corrected chi connectivity index (χ4v) is 1.97. The number of nitrogens with zero attached hydrogens (tertiary/aromatic N) is 1. The predicted molar refractivity (Wildman–Crippen MR) is 68.3 cm³/mol. The minimum atomic E-state index is -1.67. The van der Waals surface area contributed by atoms with Crippen LogP contribution in [0.1, 0.15) is 5.56 Å². The molecule has 0 saturated carbocycles. The summed E-state index contributed by atoms with van der Waals surface area (Å²) in [5, 5.41) is 11.1. The lowest BCUT2D eigenvalue weighted by Crippen LogP contribution is -2.54. The summed E-state index contributed by atoms with van der Waals surface area (Å²) in [4.78, 5) is 10.6. The minimum Gasteiger partial charge on any atom is -0.316 e. The summed E-state index contributed by atoms with van der Waals surface area (Å²) in [6.07, 6.45) is 4.73. The average molecular weight is 246 g/mol. The summed E-state index contributed by atoms with van der Waals surface area (Å²) in [5.74, 6) is 0. The number of benzene rings is 1. The maximum atomic E-state index is 11.1. The molecule has 18 heavy (non-hydrogen) atoms. The zero-order chi connectivity index (χ0) is 13.2. The Morgan fingerprint density at radius 2 is 2.06 bits per heavy atom. The van der Waals surface area contributed by atoms with Gasteiger partial charge < -0.3 is 10.5 Å². The molecule has 1 aliphatic carbocycles. The molecule has 2 rings (SSSR count). The van der Waals surface area contributed by atoms with E-state index in [1.165, 1.54) is 13.2 Å². The van der Waals surface area contributed by atoms with Crippen molar-refractivity contribution in [1.82, 2.24) is 0 Å². The van der Waals surface area contributed by atoms with E-state index < -0.39 is 16.7 Å². The van der Waals surface area contributed by atoms with Gasteiger partial charge in [-0.3, -0.25) is 10.1 Å². The van der Waals surface area contributed by atoms with Gasteiger partial charge in [-0.15, -0.1) is 0 Å². The Hall–Kier alpha value is -1.98. The molecular weight excluding hydrogens is 232 g/mol. The molecule has 0 saturated heterocycles. The molecule has 1 aromatic carbocycles. The maximum absolute atomic E-state index is 11.1. The van der Waals surface area contributed by atoms with E-state index in [0.29, 0.717) is 0 Å². The highest BCUT2D eigenvalue weighted by Crippen LogP contribution is 2.28. The van der Waals surface area contributed by atoms with Crippen molar-refractivity contribution < 1.29 is 9.66 Å². The van der Waals surface area contributed by atoms with Crippen molar-refractivity contribution in [3.05, 3.63) is 64.2 Å². The Morgan fingerprint density at radius 3 is 2.56 bits per heavy atom. The van der Waals surface area contributed by atoms with Crippen LogP contribution in [0.4, 0.5) is 0 Å². The smallest absolute Gasteiger partial charge is 0.316 e. The van der Waals surface area contributed by atoms with Crippen molar-refractivity contribution in [3.63, 3.8) is 0 Å². The summed E-state index contributed by atoms with van der Waals surface area (Å²) in [6, 6.07) is 8.75. The van der Waals surface area contributed by atoms with Crippen molar-refractivity contribution in [3.8, 4) is 0 Å². The van der Waals surface area contributed by atoms with Gasteiger partial charge >= 0.3 is 5.72 Å². The van der Waals surface area contributed by atoms with Crippen LogP contribution in [0.3, 0.4) is 0 Å². The van der Waals surface area contributed by atoms with E-state index in [1.807, 2.05) is 30.3 Å². The monoisotopic (exact) mass is 246 g/mol. The zero-order valence-electron chi connectivity index (χ0n) is 9.95. The van der Waals surface area contributed by atoms with Gasteiger partial charge in [0.1, 0.15) is 6.04 Å². The van der Waals surface area contributed by atoms with Crippen LogP contribution < -0.4 is 5.73 Å². The van der Waals surface area contributed by atoms with Gasteiger partial charge in [-0.1, -0.05) is 30.3 Å².